The smallest absolute Gasteiger partial charge is 0.128 e. The Bertz CT molecular complexity index is 364. The summed E-state index contributed by atoms with van der Waals surface area (Å²) in [6.07, 6.45) is 0. The first-order valence-electron chi connectivity index (χ1n) is 6.20. The third-order valence-electron chi connectivity index (χ3n) is 3.60. The van der Waals surface area contributed by atoms with Crippen LogP contribution in [-0.2, 0) is 0 Å². The zero-order chi connectivity index (χ0) is 14.8. The van der Waals surface area contributed by atoms with E-state index in [1.807, 2.05) is 41.5 Å². The molecule has 0 fully saturated rings. The van der Waals surface area contributed by atoms with Crippen molar-refractivity contribution in [2.75, 3.05) is 0 Å². The van der Waals surface area contributed by atoms with Crippen LogP contribution < -0.4 is 0 Å². The Morgan fingerprint density at radius 2 is 0.778 bits per heavy atom. The van der Waals surface area contributed by atoms with Crippen LogP contribution in [0.2, 0.25) is 0 Å². The van der Waals surface area contributed by atoms with Crippen LogP contribution in [0.5, 0.6) is 0 Å². The minimum atomic E-state index is -1.10. The van der Waals surface area contributed by atoms with Crippen molar-refractivity contribution in [1.82, 2.24) is 0 Å². The van der Waals surface area contributed by atoms with Gasteiger partial charge in [-0.05, 0) is 25.7 Å². The summed E-state index contributed by atoms with van der Waals surface area (Å²) in [5.74, 6) is 10.8. The van der Waals surface area contributed by atoms with E-state index in [9.17, 15) is 10.2 Å². The van der Waals surface area contributed by atoms with Crippen molar-refractivity contribution in [3.05, 3.63) is 0 Å². The Morgan fingerprint density at radius 1 is 0.556 bits per heavy atom. The summed E-state index contributed by atoms with van der Waals surface area (Å²) in [5, 5.41) is 20.3. The van der Waals surface area contributed by atoms with Gasteiger partial charge in [0, 0.05) is 10.8 Å². The van der Waals surface area contributed by atoms with Gasteiger partial charge in [0.05, 0.1) is 0 Å². The van der Waals surface area contributed by atoms with Gasteiger partial charge in [0.1, 0.15) is 11.2 Å². The topological polar surface area (TPSA) is 40.5 Å². The second kappa shape index (κ2) is 4.96. The molecule has 0 aliphatic carbocycles. The van der Waals surface area contributed by atoms with Crippen molar-refractivity contribution in [3.63, 3.8) is 0 Å². The predicted octanol–water partition coefficient (Wildman–Crippen LogP) is 2.59. The van der Waals surface area contributed by atoms with Crippen LogP contribution in [0.25, 0.3) is 0 Å². The van der Waals surface area contributed by atoms with Crippen molar-refractivity contribution >= 4 is 0 Å². The van der Waals surface area contributed by atoms with E-state index in [1.165, 1.54) is 0 Å². The molecule has 0 aromatic carbocycles. The van der Waals surface area contributed by atoms with Crippen LogP contribution in [0.15, 0.2) is 0 Å². The zero-order valence-electron chi connectivity index (χ0n) is 12.9. The Labute approximate surface area is 112 Å². The van der Waals surface area contributed by atoms with Gasteiger partial charge < -0.3 is 10.2 Å². The summed E-state index contributed by atoms with van der Waals surface area (Å²) in [6, 6.07) is 0. The molecular weight excluding hydrogens is 224 g/mol. The molecule has 2 atom stereocenters. The fraction of sp³-hybridized carbons (Fsp3) is 0.750. The lowest BCUT2D eigenvalue weighted by atomic mass is 9.78. The molecule has 0 amide bonds. The molecule has 2 heteroatoms. The van der Waals surface area contributed by atoms with E-state index in [4.69, 9.17) is 0 Å². The quantitative estimate of drug-likeness (QED) is 0.649. The average Bonchev–Trinajstić information content (AvgIpc) is 2.08. The molecule has 0 aromatic heterocycles. The van der Waals surface area contributed by atoms with Gasteiger partial charge in [0.2, 0.25) is 0 Å². The summed E-state index contributed by atoms with van der Waals surface area (Å²) in [4.78, 5) is 0. The highest BCUT2D eigenvalue weighted by Crippen LogP contribution is 2.29. The van der Waals surface area contributed by atoms with Crippen LogP contribution in [0.1, 0.15) is 55.4 Å². The van der Waals surface area contributed by atoms with Gasteiger partial charge >= 0.3 is 0 Å². The van der Waals surface area contributed by atoms with E-state index < -0.39 is 11.2 Å². The molecule has 0 heterocycles. The fourth-order valence-corrected chi connectivity index (χ4v) is 0.681. The van der Waals surface area contributed by atoms with Crippen LogP contribution in [0.3, 0.4) is 0 Å². The lowest BCUT2D eigenvalue weighted by molar-refractivity contribution is 0.0123. The summed E-state index contributed by atoms with van der Waals surface area (Å²) in [7, 11) is 0. The van der Waals surface area contributed by atoms with E-state index in [1.54, 1.807) is 13.8 Å². The molecule has 0 spiro atoms. The third kappa shape index (κ3) is 4.37. The molecule has 0 saturated heterocycles. The summed E-state index contributed by atoms with van der Waals surface area (Å²) in [6.45, 7) is 14.8. The molecule has 0 aliphatic heterocycles. The molecule has 0 unspecified atom stereocenters. The van der Waals surface area contributed by atoms with Crippen LogP contribution in [0, 0.1) is 34.5 Å². The molecule has 2 N–H and O–H groups in total. The van der Waals surface area contributed by atoms with E-state index in [-0.39, 0.29) is 10.8 Å². The van der Waals surface area contributed by atoms with E-state index in [0.29, 0.717) is 0 Å². The summed E-state index contributed by atoms with van der Waals surface area (Å²) >= 11 is 0. The van der Waals surface area contributed by atoms with Crippen LogP contribution in [0.4, 0.5) is 0 Å². The second-order valence-electron chi connectivity index (χ2n) is 7.14. The molecule has 0 aliphatic rings. The standard InChI is InChI=1S/C16H26O2/c1-13(2,3)15(7,17)11-9-10-12-16(8,18)14(4,5)6/h17-18H,1-8H3/t15-,16-/m1/s1. The van der Waals surface area contributed by atoms with E-state index >= 15 is 0 Å². The molecule has 102 valence electrons. The first-order chi connectivity index (χ1) is 7.71. The van der Waals surface area contributed by atoms with Crippen molar-refractivity contribution in [3.8, 4) is 23.7 Å². The van der Waals surface area contributed by atoms with Crippen molar-refractivity contribution < 1.29 is 10.2 Å². The summed E-state index contributed by atoms with van der Waals surface area (Å²) in [5.41, 5.74) is -2.88. The number of aliphatic hydroxyl groups is 2. The van der Waals surface area contributed by atoms with Gasteiger partial charge in [0.15, 0.2) is 0 Å². The van der Waals surface area contributed by atoms with Gasteiger partial charge in [-0.1, -0.05) is 53.4 Å². The van der Waals surface area contributed by atoms with Crippen LogP contribution >= 0.6 is 0 Å². The third-order valence-corrected chi connectivity index (χ3v) is 3.60. The first-order valence-corrected chi connectivity index (χ1v) is 6.20. The lowest BCUT2D eigenvalue weighted by Gasteiger charge is -2.32. The molecule has 0 saturated carbocycles. The Morgan fingerprint density at radius 3 is 0.944 bits per heavy atom. The monoisotopic (exact) mass is 250 g/mol. The highest BCUT2D eigenvalue weighted by Gasteiger charge is 2.34. The molecule has 2 nitrogen and oxygen atoms in total. The normalized spacial score (nSPS) is 18.6. The SMILES string of the molecule is CC(C)(C)[C@](C)(O)C#CC#C[C@@](C)(O)C(C)(C)C. The predicted molar refractivity (Wildman–Crippen MR) is 75.7 cm³/mol. The van der Waals surface area contributed by atoms with Gasteiger partial charge in [-0.3, -0.25) is 0 Å². The Hall–Kier alpha value is -0.960. The maximum absolute atomic E-state index is 10.1. The first kappa shape index (κ1) is 17.0. The lowest BCUT2D eigenvalue weighted by Crippen LogP contribution is -2.38. The zero-order valence-corrected chi connectivity index (χ0v) is 12.9. The largest absolute Gasteiger partial charge is 0.377 e. The minimum absolute atomic E-state index is 0.339. The molecule has 0 radical (unpaired) electrons. The molecular formula is C16H26O2. The highest BCUT2D eigenvalue weighted by molar-refractivity contribution is 5.33. The second-order valence-corrected chi connectivity index (χ2v) is 7.14. The maximum atomic E-state index is 10.1. The fourth-order valence-electron chi connectivity index (χ4n) is 0.681. The molecule has 0 aromatic rings. The Kier molecular flexibility index (Phi) is 4.70. The molecule has 0 bridgehead atoms. The van der Waals surface area contributed by atoms with Crippen molar-refractivity contribution in [2.45, 2.75) is 66.6 Å². The van der Waals surface area contributed by atoms with E-state index in [2.05, 4.69) is 23.7 Å². The van der Waals surface area contributed by atoms with Crippen molar-refractivity contribution in [1.29, 1.82) is 0 Å². The summed E-state index contributed by atoms with van der Waals surface area (Å²) < 4.78 is 0. The van der Waals surface area contributed by atoms with Gasteiger partial charge in [0.25, 0.3) is 0 Å². The van der Waals surface area contributed by atoms with E-state index in [0.717, 1.165) is 0 Å². The van der Waals surface area contributed by atoms with Crippen LogP contribution in [-0.4, -0.2) is 21.4 Å². The molecule has 18 heavy (non-hydrogen) atoms. The average molecular weight is 250 g/mol. The van der Waals surface area contributed by atoms with Gasteiger partial charge in [-0.2, -0.15) is 0 Å². The number of hydrogen-bond donors (Lipinski definition) is 2. The maximum Gasteiger partial charge on any atom is 0.128 e. The number of rotatable bonds is 0. The minimum Gasteiger partial charge on any atom is -0.377 e. The number of hydrogen-bond acceptors (Lipinski definition) is 2. The highest BCUT2D eigenvalue weighted by atomic mass is 16.3. The Balaban J connectivity index is 5.05. The molecule has 0 rings (SSSR count). The van der Waals surface area contributed by atoms with Gasteiger partial charge in [-0.15, -0.1) is 0 Å². The van der Waals surface area contributed by atoms with Gasteiger partial charge in [-0.25, -0.2) is 0 Å². The van der Waals surface area contributed by atoms with Crippen molar-refractivity contribution in [2.24, 2.45) is 10.8 Å².